The number of phenolic OH excluding ortho intramolecular Hbond substituents is 1. The predicted octanol–water partition coefficient (Wildman–Crippen LogP) is 3.20. The highest BCUT2D eigenvalue weighted by Gasteiger charge is 2.30. The number of hydrogen-bond donors (Lipinski definition) is 2. The number of benzene rings is 2. The molecule has 11 heteroatoms. The summed E-state index contributed by atoms with van der Waals surface area (Å²) in [5.41, 5.74) is 3.58. The number of phenols is 1. The fourth-order valence-electron chi connectivity index (χ4n) is 5.46. The summed E-state index contributed by atoms with van der Waals surface area (Å²) in [6.07, 6.45) is 2.90. The van der Waals surface area contributed by atoms with Gasteiger partial charge in [0.1, 0.15) is 22.8 Å². The van der Waals surface area contributed by atoms with Crippen molar-refractivity contribution in [3.8, 4) is 5.75 Å². The van der Waals surface area contributed by atoms with Crippen LogP contribution in [0.5, 0.6) is 5.75 Å². The third kappa shape index (κ3) is 4.84. The molecule has 0 unspecified atom stereocenters. The van der Waals surface area contributed by atoms with Gasteiger partial charge in [-0.1, -0.05) is 12.6 Å². The smallest absolute Gasteiger partial charge is 0.275 e. The number of aryl methyl sites for hydroxylation is 1. The maximum absolute atomic E-state index is 13.6. The van der Waals surface area contributed by atoms with E-state index in [1.807, 2.05) is 17.0 Å². The third-order valence-corrected chi connectivity index (χ3v) is 7.75. The minimum absolute atomic E-state index is 0.0457. The number of fused-ring (bicyclic) bond motifs is 2. The molecule has 11 nitrogen and oxygen atoms in total. The molecular formula is C30H32N8O3. The van der Waals surface area contributed by atoms with Crippen molar-refractivity contribution in [3.05, 3.63) is 77.7 Å². The van der Waals surface area contributed by atoms with Gasteiger partial charge < -0.3 is 30.0 Å². The van der Waals surface area contributed by atoms with E-state index in [1.165, 1.54) is 27.3 Å². The molecule has 0 radical (unpaired) electrons. The van der Waals surface area contributed by atoms with E-state index in [-0.39, 0.29) is 23.8 Å². The van der Waals surface area contributed by atoms with Crippen LogP contribution in [0, 0.1) is 0 Å². The first-order valence-electron chi connectivity index (χ1n) is 13.5. The molecule has 41 heavy (non-hydrogen) atoms. The van der Waals surface area contributed by atoms with E-state index in [0.717, 1.165) is 31.9 Å². The molecule has 2 aromatic carbocycles. The summed E-state index contributed by atoms with van der Waals surface area (Å²) in [7, 11) is 3.82. The molecule has 0 aliphatic carbocycles. The van der Waals surface area contributed by atoms with Gasteiger partial charge in [0.25, 0.3) is 11.5 Å². The van der Waals surface area contributed by atoms with E-state index in [0.29, 0.717) is 40.6 Å². The summed E-state index contributed by atoms with van der Waals surface area (Å²) in [5, 5.41) is 14.5. The van der Waals surface area contributed by atoms with Gasteiger partial charge in [0.15, 0.2) is 0 Å². The van der Waals surface area contributed by atoms with Gasteiger partial charge in [-0.25, -0.2) is 4.98 Å². The lowest BCUT2D eigenvalue weighted by Crippen LogP contribution is -2.44. The minimum Gasteiger partial charge on any atom is -0.506 e. The molecule has 6 rings (SSSR count). The first-order chi connectivity index (χ1) is 19.8. The van der Waals surface area contributed by atoms with Gasteiger partial charge in [0.05, 0.1) is 5.69 Å². The number of carbonyl (C=O) groups is 1. The summed E-state index contributed by atoms with van der Waals surface area (Å²) >= 11 is 0. The topological polar surface area (TPSA) is 110 Å². The van der Waals surface area contributed by atoms with Gasteiger partial charge >= 0.3 is 0 Å². The second-order valence-corrected chi connectivity index (χ2v) is 10.3. The van der Waals surface area contributed by atoms with Gasteiger partial charge in [-0.2, -0.15) is 4.98 Å². The van der Waals surface area contributed by atoms with Crippen LogP contribution < -0.4 is 25.6 Å². The number of carbonyl (C=O) groups excluding carboxylic acids is 1. The third-order valence-electron chi connectivity index (χ3n) is 7.75. The average Bonchev–Trinajstić information content (AvgIpc) is 2.99. The predicted molar refractivity (Wildman–Crippen MR) is 162 cm³/mol. The molecule has 2 aliphatic heterocycles. The van der Waals surface area contributed by atoms with Gasteiger partial charge in [-0.05, 0) is 55.6 Å². The number of rotatable bonds is 5. The van der Waals surface area contributed by atoms with Crippen molar-refractivity contribution < 1.29 is 9.90 Å². The largest absolute Gasteiger partial charge is 0.506 e. The van der Waals surface area contributed by atoms with Crippen LogP contribution in [-0.2, 0) is 11.8 Å². The van der Waals surface area contributed by atoms with Gasteiger partial charge in [0.2, 0.25) is 5.95 Å². The van der Waals surface area contributed by atoms with E-state index < -0.39 is 0 Å². The van der Waals surface area contributed by atoms with E-state index in [4.69, 9.17) is 0 Å². The fraction of sp³-hybridized carbons (Fsp3) is 0.267. The molecule has 1 amide bonds. The van der Waals surface area contributed by atoms with Crippen molar-refractivity contribution >= 4 is 51.3 Å². The zero-order valence-corrected chi connectivity index (χ0v) is 23.1. The Hall–Kier alpha value is -4.90. The van der Waals surface area contributed by atoms with Crippen LogP contribution in [0.2, 0.25) is 0 Å². The Kier molecular flexibility index (Phi) is 6.80. The normalized spacial score (nSPS) is 15.6. The first-order valence-corrected chi connectivity index (χ1v) is 13.5. The van der Waals surface area contributed by atoms with Gasteiger partial charge in [-0.3, -0.25) is 14.2 Å². The molecule has 2 aromatic heterocycles. The molecule has 0 bridgehead atoms. The summed E-state index contributed by atoms with van der Waals surface area (Å²) in [6, 6.07) is 14.9. The number of para-hydroxylation sites is 1. The zero-order chi connectivity index (χ0) is 28.7. The van der Waals surface area contributed by atoms with E-state index in [2.05, 4.69) is 50.8 Å². The maximum Gasteiger partial charge on any atom is 0.275 e. The van der Waals surface area contributed by atoms with Crippen LogP contribution in [0.4, 0.5) is 34.4 Å². The Labute approximate surface area is 237 Å². The van der Waals surface area contributed by atoms with Crippen molar-refractivity contribution in [2.45, 2.75) is 0 Å². The van der Waals surface area contributed by atoms with E-state index in [1.54, 1.807) is 31.4 Å². The van der Waals surface area contributed by atoms with Crippen LogP contribution in [0.15, 0.2) is 72.2 Å². The molecule has 2 aliphatic rings. The van der Waals surface area contributed by atoms with Crippen molar-refractivity contribution in [1.29, 1.82) is 0 Å². The summed E-state index contributed by atoms with van der Waals surface area (Å²) in [6.45, 7) is 8.32. The number of piperazine rings is 1. The molecule has 210 valence electrons. The maximum atomic E-state index is 13.6. The number of likely N-dealkylation sites (N-methyl/N-ethyl adjacent to an activating group) is 1. The second-order valence-electron chi connectivity index (χ2n) is 10.3. The Balaban J connectivity index is 1.29. The van der Waals surface area contributed by atoms with E-state index >= 15 is 0 Å². The molecular weight excluding hydrogens is 520 g/mol. The number of hydrogen-bond acceptors (Lipinski definition) is 9. The highest BCUT2D eigenvalue weighted by Crippen LogP contribution is 2.43. The van der Waals surface area contributed by atoms with Gasteiger partial charge in [-0.15, -0.1) is 0 Å². The highest BCUT2D eigenvalue weighted by atomic mass is 16.3. The van der Waals surface area contributed by atoms with Crippen molar-refractivity contribution in [1.82, 2.24) is 19.4 Å². The zero-order valence-electron chi connectivity index (χ0n) is 23.1. The van der Waals surface area contributed by atoms with Gasteiger partial charge in [0, 0.05) is 69.3 Å². The highest BCUT2D eigenvalue weighted by molar-refractivity contribution is 6.06. The van der Waals surface area contributed by atoms with E-state index in [9.17, 15) is 14.7 Å². The Morgan fingerprint density at radius 1 is 1.00 bits per heavy atom. The van der Waals surface area contributed by atoms with Crippen LogP contribution >= 0.6 is 0 Å². The summed E-state index contributed by atoms with van der Waals surface area (Å²) < 4.78 is 1.50. The summed E-state index contributed by atoms with van der Waals surface area (Å²) in [5.74, 6) is 0.0243. The fourth-order valence-corrected chi connectivity index (χ4v) is 5.46. The SMILES string of the molecule is C=CC(=O)N1CCN(c2cc3cnc(Nc4ccc(N5CCN(C)CC5)cc4)nc3n(C)c2=O)c2cccc(O)c21. The van der Waals surface area contributed by atoms with Crippen LogP contribution in [0.3, 0.4) is 0 Å². The molecule has 2 N–H and O–H groups in total. The number of amides is 1. The van der Waals surface area contributed by atoms with Crippen molar-refractivity contribution in [2.24, 2.45) is 7.05 Å². The number of aromatic nitrogens is 3. The lowest BCUT2D eigenvalue weighted by Gasteiger charge is -2.37. The second kappa shape index (κ2) is 10.6. The molecule has 1 saturated heterocycles. The van der Waals surface area contributed by atoms with Crippen LogP contribution in [-0.4, -0.2) is 76.8 Å². The molecule has 1 fully saturated rings. The quantitative estimate of drug-likeness (QED) is 0.361. The number of anilines is 6. The Bertz CT molecular complexity index is 1690. The van der Waals surface area contributed by atoms with Crippen LogP contribution in [0.1, 0.15) is 0 Å². The molecule has 4 aromatic rings. The standard InChI is InChI=1S/C30H32N8O3/c1-4-26(40)38-17-16-37(23-6-5-7-25(39)27(23)38)24-18-20-19-31-30(33-28(20)35(3)29(24)41)32-21-8-10-22(11-9-21)36-14-12-34(2)13-15-36/h4-11,18-19,39H,1,12-17H2,2-3H3,(H,31,32,33). The number of pyridine rings is 1. The van der Waals surface area contributed by atoms with Crippen molar-refractivity contribution in [2.75, 3.05) is 66.3 Å². The molecule has 4 heterocycles. The Morgan fingerprint density at radius 3 is 2.49 bits per heavy atom. The van der Waals surface area contributed by atoms with Crippen molar-refractivity contribution in [3.63, 3.8) is 0 Å². The minimum atomic E-state index is -0.318. The lowest BCUT2D eigenvalue weighted by atomic mass is 10.1. The summed E-state index contributed by atoms with van der Waals surface area (Å²) in [4.78, 5) is 43.2. The first kappa shape index (κ1) is 26.3. The molecule has 0 saturated carbocycles. The lowest BCUT2D eigenvalue weighted by molar-refractivity contribution is -0.114. The monoisotopic (exact) mass is 552 g/mol. The molecule has 0 atom stereocenters. The average molecular weight is 553 g/mol. The molecule has 0 spiro atoms. The number of aromatic hydroxyl groups is 1. The Morgan fingerprint density at radius 2 is 1.76 bits per heavy atom. The van der Waals surface area contributed by atoms with Crippen LogP contribution in [0.25, 0.3) is 11.0 Å². The number of nitrogens with one attached hydrogen (secondary N) is 1. The number of nitrogens with zero attached hydrogens (tertiary/aromatic N) is 7.